The third kappa shape index (κ3) is 4.03. The normalized spacial score (nSPS) is 14.5. The highest BCUT2D eigenvalue weighted by molar-refractivity contribution is 6.36. The summed E-state index contributed by atoms with van der Waals surface area (Å²) >= 11 is 0. The molecule has 0 aliphatic rings. The van der Waals surface area contributed by atoms with Crippen LogP contribution in [0.25, 0.3) is 0 Å². The molecule has 22 heavy (non-hydrogen) atoms. The molecule has 0 aliphatic heterocycles. The first-order valence-corrected chi connectivity index (χ1v) is 7.88. The molecule has 1 aromatic carbocycles. The SMILES string of the molecule is CO[SiH](OC)OC(C)CC(C)c1c(F)c(F)c(F)c(F)c1F. The maximum absolute atomic E-state index is 13.7. The molecular weight excluding hydrogens is 327 g/mol. The minimum atomic E-state index is -2.35. The molecule has 0 amide bonds. The summed E-state index contributed by atoms with van der Waals surface area (Å²) < 4.78 is 82.1. The van der Waals surface area contributed by atoms with Gasteiger partial charge in [-0.25, -0.2) is 22.0 Å². The first-order valence-electron chi connectivity index (χ1n) is 6.46. The van der Waals surface area contributed by atoms with Crippen molar-refractivity contribution in [3.63, 3.8) is 0 Å². The van der Waals surface area contributed by atoms with Gasteiger partial charge >= 0.3 is 9.53 Å². The second kappa shape index (κ2) is 8.00. The van der Waals surface area contributed by atoms with Gasteiger partial charge in [-0.1, -0.05) is 6.92 Å². The molecular formula is C13H17F5O3Si. The summed E-state index contributed by atoms with van der Waals surface area (Å²) in [5, 5.41) is 0. The first kappa shape index (κ1) is 19.0. The summed E-state index contributed by atoms with van der Waals surface area (Å²) in [7, 11) is 0.428. The second-order valence-electron chi connectivity index (χ2n) is 4.83. The molecule has 0 bridgehead atoms. The zero-order valence-corrected chi connectivity index (χ0v) is 13.7. The van der Waals surface area contributed by atoms with Crippen LogP contribution < -0.4 is 0 Å². The number of hydrogen-bond acceptors (Lipinski definition) is 3. The highest BCUT2D eigenvalue weighted by atomic mass is 28.3. The number of benzene rings is 1. The van der Waals surface area contributed by atoms with Gasteiger partial charge in [0.25, 0.3) is 0 Å². The van der Waals surface area contributed by atoms with Gasteiger partial charge < -0.3 is 13.3 Å². The van der Waals surface area contributed by atoms with Crippen molar-refractivity contribution in [2.24, 2.45) is 0 Å². The molecule has 0 radical (unpaired) electrons. The Morgan fingerprint density at radius 1 is 0.818 bits per heavy atom. The molecule has 2 atom stereocenters. The van der Waals surface area contributed by atoms with Crippen LogP contribution in [0.2, 0.25) is 0 Å². The molecule has 0 saturated heterocycles. The van der Waals surface area contributed by atoms with Crippen LogP contribution in [-0.4, -0.2) is 29.9 Å². The Bertz CT molecular complexity index is 496. The van der Waals surface area contributed by atoms with E-state index in [2.05, 4.69) is 0 Å². The van der Waals surface area contributed by atoms with Gasteiger partial charge in [-0.3, -0.25) is 0 Å². The Balaban J connectivity index is 2.97. The molecule has 0 heterocycles. The smallest absolute Gasteiger partial charge is 0.379 e. The Labute approximate surface area is 127 Å². The van der Waals surface area contributed by atoms with Gasteiger partial charge in [-0.05, 0) is 19.3 Å². The summed E-state index contributed by atoms with van der Waals surface area (Å²) in [6.45, 7) is 2.95. The first-order chi connectivity index (χ1) is 10.2. The number of hydrogen-bond donors (Lipinski definition) is 0. The van der Waals surface area contributed by atoms with Gasteiger partial charge in [-0.15, -0.1) is 0 Å². The van der Waals surface area contributed by atoms with Crippen LogP contribution in [0, 0.1) is 29.1 Å². The van der Waals surface area contributed by atoms with Gasteiger partial charge in [0.2, 0.25) is 5.82 Å². The predicted octanol–water partition coefficient (Wildman–Crippen LogP) is 3.29. The van der Waals surface area contributed by atoms with Crippen LogP contribution in [0.15, 0.2) is 0 Å². The van der Waals surface area contributed by atoms with E-state index in [4.69, 9.17) is 13.3 Å². The van der Waals surface area contributed by atoms with Crippen molar-refractivity contribution >= 4 is 9.53 Å². The summed E-state index contributed by atoms with van der Waals surface area (Å²) in [5.74, 6) is -10.6. The van der Waals surface area contributed by atoms with Gasteiger partial charge in [0.15, 0.2) is 23.3 Å². The average molecular weight is 344 g/mol. The maximum atomic E-state index is 13.7. The van der Waals surface area contributed by atoms with Gasteiger partial charge in [0.1, 0.15) is 0 Å². The lowest BCUT2D eigenvalue weighted by molar-refractivity contribution is 0.0872. The van der Waals surface area contributed by atoms with Crippen molar-refractivity contribution < 1.29 is 35.2 Å². The van der Waals surface area contributed by atoms with Crippen LogP contribution in [0.4, 0.5) is 22.0 Å². The fourth-order valence-corrected chi connectivity index (χ4v) is 3.03. The van der Waals surface area contributed by atoms with E-state index in [1.54, 1.807) is 6.92 Å². The van der Waals surface area contributed by atoms with Crippen molar-refractivity contribution in [1.29, 1.82) is 0 Å². The summed E-state index contributed by atoms with van der Waals surface area (Å²) in [5.41, 5.74) is -0.847. The Morgan fingerprint density at radius 2 is 1.23 bits per heavy atom. The van der Waals surface area contributed by atoms with E-state index in [1.807, 2.05) is 0 Å². The molecule has 9 heteroatoms. The minimum absolute atomic E-state index is 0.0363. The van der Waals surface area contributed by atoms with Crippen molar-refractivity contribution in [2.75, 3.05) is 14.2 Å². The summed E-state index contributed by atoms with van der Waals surface area (Å²) in [4.78, 5) is 0. The molecule has 1 aromatic rings. The lowest BCUT2D eigenvalue weighted by Crippen LogP contribution is -2.29. The second-order valence-corrected chi connectivity index (χ2v) is 6.62. The quantitative estimate of drug-likeness (QED) is 0.329. The standard InChI is InChI=1S/C13H17F5O3Si/c1-6(5-7(2)21-22(19-3)20-4)8-9(14)11(16)13(18)12(17)10(8)15/h6-7,22H,5H2,1-4H3. The van der Waals surface area contributed by atoms with Gasteiger partial charge in [-0.2, -0.15) is 0 Å². The summed E-state index contributed by atoms with van der Waals surface area (Å²) in [6, 6.07) is 0. The zero-order valence-electron chi connectivity index (χ0n) is 12.6. The Morgan fingerprint density at radius 3 is 1.64 bits per heavy atom. The number of halogens is 5. The lowest BCUT2D eigenvalue weighted by atomic mass is 9.94. The molecule has 0 saturated carbocycles. The molecule has 0 N–H and O–H groups in total. The maximum Gasteiger partial charge on any atom is 0.483 e. The molecule has 3 nitrogen and oxygen atoms in total. The van der Waals surface area contributed by atoms with Crippen molar-refractivity contribution in [3.8, 4) is 0 Å². The van der Waals surface area contributed by atoms with E-state index in [0.29, 0.717) is 0 Å². The molecule has 2 unspecified atom stereocenters. The average Bonchev–Trinajstić information content (AvgIpc) is 2.48. The fraction of sp³-hybridized carbons (Fsp3) is 0.538. The van der Waals surface area contributed by atoms with Crippen LogP contribution >= 0.6 is 0 Å². The van der Waals surface area contributed by atoms with Crippen LogP contribution in [0.3, 0.4) is 0 Å². The Hall–Kier alpha value is -1.03. The molecule has 0 spiro atoms. The highest BCUT2D eigenvalue weighted by Gasteiger charge is 2.29. The predicted molar refractivity (Wildman–Crippen MR) is 71.0 cm³/mol. The molecule has 1 rings (SSSR count). The topological polar surface area (TPSA) is 27.7 Å². The van der Waals surface area contributed by atoms with E-state index in [9.17, 15) is 22.0 Å². The minimum Gasteiger partial charge on any atom is -0.379 e. The Kier molecular flexibility index (Phi) is 6.91. The highest BCUT2D eigenvalue weighted by Crippen LogP contribution is 2.31. The summed E-state index contributed by atoms with van der Waals surface area (Å²) in [6.07, 6.45) is -0.504. The molecule has 0 aromatic heterocycles. The lowest BCUT2D eigenvalue weighted by Gasteiger charge is -2.22. The molecule has 126 valence electrons. The molecule has 0 aliphatic carbocycles. The van der Waals surface area contributed by atoms with E-state index in [-0.39, 0.29) is 6.42 Å². The van der Waals surface area contributed by atoms with E-state index >= 15 is 0 Å². The van der Waals surface area contributed by atoms with Crippen LogP contribution in [0.5, 0.6) is 0 Å². The van der Waals surface area contributed by atoms with E-state index in [1.165, 1.54) is 21.1 Å². The van der Waals surface area contributed by atoms with Crippen LogP contribution in [-0.2, 0) is 13.3 Å². The third-order valence-electron chi connectivity index (χ3n) is 3.15. The van der Waals surface area contributed by atoms with Gasteiger partial charge in [0.05, 0.1) is 0 Å². The number of rotatable bonds is 7. The zero-order chi connectivity index (χ0) is 17.0. The fourth-order valence-electron chi connectivity index (χ4n) is 2.12. The van der Waals surface area contributed by atoms with Crippen molar-refractivity contribution in [1.82, 2.24) is 0 Å². The van der Waals surface area contributed by atoms with E-state index in [0.717, 1.165) is 0 Å². The monoisotopic (exact) mass is 344 g/mol. The van der Waals surface area contributed by atoms with Crippen molar-refractivity contribution in [2.45, 2.75) is 32.3 Å². The largest absolute Gasteiger partial charge is 0.483 e. The van der Waals surface area contributed by atoms with Crippen LogP contribution in [0.1, 0.15) is 31.7 Å². The van der Waals surface area contributed by atoms with Gasteiger partial charge in [0, 0.05) is 25.9 Å². The van der Waals surface area contributed by atoms with E-state index < -0.39 is 56.2 Å². The van der Waals surface area contributed by atoms with Crippen molar-refractivity contribution in [3.05, 3.63) is 34.6 Å². The third-order valence-corrected chi connectivity index (χ3v) is 4.61. The molecule has 0 fully saturated rings.